The molecule has 1 N–H and O–H groups in total. The second-order valence-electron chi connectivity index (χ2n) is 5.48. The van der Waals surface area contributed by atoms with Crippen LogP contribution in [0.1, 0.15) is 31.2 Å². The van der Waals surface area contributed by atoms with Gasteiger partial charge in [0.15, 0.2) is 0 Å². The quantitative estimate of drug-likeness (QED) is 0.759. The standard InChI is InChI=1S/C17H21N3O3/c1-19(16(21)9-5-6-10-17(22)23)12-14-11-18-20(13-14)15-7-3-2-4-8-15/h2-4,7-8,11,13H,5-6,9-10,12H2,1H3,(H,22,23). The fraction of sp³-hybridized carbons (Fsp3) is 0.353. The molecule has 0 radical (unpaired) electrons. The summed E-state index contributed by atoms with van der Waals surface area (Å²) in [6.45, 7) is 0.491. The predicted octanol–water partition coefficient (Wildman–Crippen LogP) is 2.48. The van der Waals surface area contributed by atoms with Gasteiger partial charge in [-0.25, -0.2) is 4.68 Å². The van der Waals surface area contributed by atoms with E-state index >= 15 is 0 Å². The summed E-state index contributed by atoms with van der Waals surface area (Å²) in [6, 6.07) is 9.78. The van der Waals surface area contributed by atoms with Gasteiger partial charge in [0.1, 0.15) is 0 Å². The van der Waals surface area contributed by atoms with Crippen LogP contribution >= 0.6 is 0 Å². The van der Waals surface area contributed by atoms with Gasteiger partial charge in [0, 0.05) is 38.2 Å². The van der Waals surface area contributed by atoms with E-state index in [9.17, 15) is 9.59 Å². The van der Waals surface area contributed by atoms with Crippen molar-refractivity contribution in [3.8, 4) is 5.69 Å². The van der Waals surface area contributed by atoms with Crippen molar-refractivity contribution in [1.29, 1.82) is 0 Å². The Morgan fingerprint density at radius 3 is 2.57 bits per heavy atom. The monoisotopic (exact) mass is 315 g/mol. The number of carbonyl (C=O) groups excluding carboxylic acids is 1. The lowest BCUT2D eigenvalue weighted by molar-refractivity contribution is -0.137. The number of aromatic nitrogens is 2. The van der Waals surface area contributed by atoms with E-state index in [1.165, 1.54) is 0 Å². The first-order valence-electron chi connectivity index (χ1n) is 7.61. The average molecular weight is 315 g/mol. The van der Waals surface area contributed by atoms with E-state index in [-0.39, 0.29) is 12.3 Å². The number of carboxylic acids is 1. The summed E-state index contributed by atoms with van der Waals surface area (Å²) in [7, 11) is 1.75. The maximum absolute atomic E-state index is 12.0. The highest BCUT2D eigenvalue weighted by Crippen LogP contribution is 2.10. The van der Waals surface area contributed by atoms with E-state index in [4.69, 9.17) is 5.11 Å². The highest BCUT2D eigenvalue weighted by molar-refractivity contribution is 5.75. The minimum atomic E-state index is -0.820. The zero-order valence-electron chi connectivity index (χ0n) is 13.2. The topological polar surface area (TPSA) is 75.4 Å². The molecule has 122 valence electrons. The molecule has 2 rings (SSSR count). The average Bonchev–Trinajstić information content (AvgIpc) is 3.00. The van der Waals surface area contributed by atoms with E-state index < -0.39 is 5.97 Å². The highest BCUT2D eigenvalue weighted by Gasteiger charge is 2.11. The fourth-order valence-electron chi connectivity index (χ4n) is 2.27. The van der Waals surface area contributed by atoms with Gasteiger partial charge in [0.2, 0.25) is 5.91 Å². The molecule has 0 fully saturated rings. The maximum Gasteiger partial charge on any atom is 0.303 e. The number of unbranched alkanes of at least 4 members (excludes halogenated alkanes) is 1. The van der Waals surface area contributed by atoms with Gasteiger partial charge in [-0.15, -0.1) is 0 Å². The van der Waals surface area contributed by atoms with Gasteiger partial charge in [-0.1, -0.05) is 18.2 Å². The van der Waals surface area contributed by atoms with Gasteiger partial charge in [0.25, 0.3) is 0 Å². The molecule has 0 saturated carbocycles. The normalized spacial score (nSPS) is 10.5. The summed E-state index contributed by atoms with van der Waals surface area (Å²) in [5.41, 5.74) is 1.93. The molecular weight excluding hydrogens is 294 g/mol. The Morgan fingerprint density at radius 2 is 1.87 bits per heavy atom. The Hall–Kier alpha value is -2.63. The zero-order chi connectivity index (χ0) is 16.7. The first kappa shape index (κ1) is 16.7. The molecule has 23 heavy (non-hydrogen) atoms. The number of hydrogen-bond acceptors (Lipinski definition) is 3. The number of carbonyl (C=O) groups is 2. The number of carboxylic acid groups (broad SMARTS) is 1. The molecule has 0 bridgehead atoms. The van der Waals surface area contributed by atoms with Crippen molar-refractivity contribution in [3.05, 3.63) is 48.3 Å². The number of amides is 1. The third kappa shape index (κ3) is 5.25. The second kappa shape index (κ2) is 8.12. The van der Waals surface area contributed by atoms with Gasteiger partial charge in [-0.05, 0) is 25.0 Å². The van der Waals surface area contributed by atoms with Gasteiger partial charge >= 0.3 is 5.97 Å². The maximum atomic E-state index is 12.0. The van der Waals surface area contributed by atoms with Crippen LogP contribution < -0.4 is 0 Å². The van der Waals surface area contributed by atoms with Crippen molar-refractivity contribution in [2.24, 2.45) is 0 Å². The molecule has 1 amide bonds. The number of aliphatic carboxylic acids is 1. The SMILES string of the molecule is CN(Cc1cnn(-c2ccccc2)c1)C(=O)CCCCC(=O)O. The van der Waals surface area contributed by atoms with E-state index in [0.29, 0.717) is 25.8 Å². The molecular formula is C17H21N3O3. The Bertz CT molecular complexity index is 652. The lowest BCUT2D eigenvalue weighted by Gasteiger charge is -2.16. The number of hydrogen-bond donors (Lipinski definition) is 1. The van der Waals surface area contributed by atoms with Gasteiger partial charge < -0.3 is 10.0 Å². The third-order valence-electron chi connectivity index (χ3n) is 3.53. The van der Waals surface area contributed by atoms with Crippen LogP contribution in [0.25, 0.3) is 5.69 Å². The molecule has 2 aromatic rings. The predicted molar refractivity (Wildman–Crippen MR) is 86.1 cm³/mol. The van der Waals surface area contributed by atoms with Crippen LogP contribution in [-0.4, -0.2) is 38.7 Å². The van der Waals surface area contributed by atoms with Crippen molar-refractivity contribution in [1.82, 2.24) is 14.7 Å². The number of nitrogens with zero attached hydrogens (tertiary/aromatic N) is 3. The van der Waals surface area contributed by atoms with Crippen LogP contribution in [0.4, 0.5) is 0 Å². The van der Waals surface area contributed by atoms with Crippen LogP contribution in [0.15, 0.2) is 42.7 Å². The van der Waals surface area contributed by atoms with Crippen LogP contribution in [0.3, 0.4) is 0 Å². The molecule has 6 nitrogen and oxygen atoms in total. The smallest absolute Gasteiger partial charge is 0.303 e. The van der Waals surface area contributed by atoms with E-state index in [1.807, 2.05) is 36.5 Å². The summed E-state index contributed by atoms with van der Waals surface area (Å²) < 4.78 is 1.78. The zero-order valence-corrected chi connectivity index (χ0v) is 13.2. The highest BCUT2D eigenvalue weighted by atomic mass is 16.4. The minimum absolute atomic E-state index is 0.0165. The Morgan fingerprint density at radius 1 is 1.17 bits per heavy atom. The molecule has 6 heteroatoms. The Kier molecular flexibility index (Phi) is 5.91. The molecule has 0 aliphatic heterocycles. The first-order chi connectivity index (χ1) is 11.1. The lowest BCUT2D eigenvalue weighted by atomic mass is 10.2. The van der Waals surface area contributed by atoms with Crippen molar-refractivity contribution in [2.45, 2.75) is 32.2 Å². The molecule has 0 spiro atoms. The third-order valence-corrected chi connectivity index (χ3v) is 3.53. The fourth-order valence-corrected chi connectivity index (χ4v) is 2.27. The van der Waals surface area contributed by atoms with Gasteiger partial charge in [-0.3, -0.25) is 9.59 Å². The molecule has 1 aromatic carbocycles. The minimum Gasteiger partial charge on any atom is -0.481 e. The largest absolute Gasteiger partial charge is 0.481 e. The molecule has 0 aliphatic carbocycles. The van der Waals surface area contributed by atoms with Gasteiger partial charge in [-0.2, -0.15) is 5.10 Å². The Balaban J connectivity index is 1.83. The summed E-state index contributed by atoms with van der Waals surface area (Å²) in [4.78, 5) is 24.1. The van der Waals surface area contributed by atoms with E-state index in [2.05, 4.69) is 5.10 Å². The summed E-state index contributed by atoms with van der Waals surface area (Å²) in [5.74, 6) is -0.804. The van der Waals surface area contributed by atoms with Gasteiger partial charge in [0.05, 0.1) is 11.9 Å². The molecule has 1 aromatic heterocycles. The van der Waals surface area contributed by atoms with Crippen LogP contribution in [0.5, 0.6) is 0 Å². The number of rotatable bonds is 8. The molecule has 0 unspecified atom stereocenters. The van der Waals surface area contributed by atoms with Crippen LogP contribution in [-0.2, 0) is 16.1 Å². The first-order valence-corrected chi connectivity index (χ1v) is 7.61. The van der Waals surface area contributed by atoms with Crippen molar-refractivity contribution < 1.29 is 14.7 Å². The number of para-hydroxylation sites is 1. The molecule has 0 aliphatic rings. The van der Waals surface area contributed by atoms with E-state index in [0.717, 1.165) is 11.3 Å². The van der Waals surface area contributed by atoms with Crippen molar-refractivity contribution in [2.75, 3.05) is 7.05 Å². The number of benzene rings is 1. The van der Waals surface area contributed by atoms with Crippen LogP contribution in [0.2, 0.25) is 0 Å². The summed E-state index contributed by atoms with van der Waals surface area (Å²) in [6.07, 6.45) is 5.27. The van der Waals surface area contributed by atoms with Crippen molar-refractivity contribution in [3.63, 3.8) is 0 Å². The van der Waals surface area contributed by atoms with Crippen LogP contribution in [0, 0.1) is 0 Å². The lowest BCUT2D eigenvalue weighted by Crippen LogP contribution is -2.25. The second-order valence-corrected chi connectivity index (χ2v) is 5.48. The molecule has 0 saturated heterocycles. The summed E-state index contributed by atoms with van der Waals surface area (Å²) >= 11 is 0. The molecule has 1 heterocycles. The van der Waals surface area contributed by atoms with E-state index in [1.54, 1.807) is 22.8 Å². The Labute approximate surface area is 135 Å². The summed E-state index contributed by atoms with van der Waals surface area (Å²) in [5, 5.41) is 12.9. The van der Waals surface area contributed by atoms with Crippen molar-refractivity contribution >= 4 is 11.9 Å². The molecule has 0 atom stereocenters.